The zero-order chi connectivity index (χ0) is 23.4. The van der Waals surface area contributed by atoms with Crippen molar-refractivity contribution in [2.24, 2.45) is 5.92 Å². The Morgan fingerprint density at radius 2 is 1.58 bits per heavy atom. The Morgan fingerprint density at radius 3 is 2.21 bits per heavy atom. The summed E-state index contributed by atoms with van der Waals surface area (Å²) in [6, 6.07) is 16.1. The van der Waals surface area contributed by atoms with E-state index in [2.05, 4.69) is 6.92 Å². The van der Waals surface area contributed by atoms with E-state index in [1.807, 2.05) is 24.3 Å². The predicted molar refractivity (Wildman–Crippen MR) is 127 cm³/mol. The average Bonchev–Trinajstić information content (AvgIpc) is 2.85. The Bertz CT molecular complexity index is 1080. The van der Waals surface area contributed by atoms with Crippen molar-refractivity contribution in [1.29, 1.82) is 0 Å². The second-order valence-electron chi connectivity index (χ2n) is 9.09. The molecular formula is C29H31F3O. The Balaban J connectivity index is 1.37. The van der Waals surface area contributed by atoms with E-state index in [0.29, 0.717) is 40.3 Å². The van der Waals surface area contributed by atoms with Crippen molar-refractivity contribution in [3.8, 4) is 16.9 Å². The van der Waals surface area contributed by atoms with Gasteiger partial charge in [-0.2, -0.15) is 0 Å². The Hall–Kier alpha value is -2.75. The molecule has 174 valence electrons. The van der Waals surface area contributed by atoms with E-state index in [-0.39, 0.29) is 11.7 Å². The molecule has 1 aliphatic rings. The van der Waals surface area contributed by atoms with Gasteiger partial charge in [0.1, 0.15) is 11.6 Å². The maximum atomic E-state index is 15.0. The predicted octanol–water partition coefficient (Wildman–Crippen LogP) is 8.25. The molecule has 0 aliphatic heterocycles. The number of ether oxygens (including phenoxy) is 1. The molecule has 0 unspecified atom stereocenters. The van der Waals surface area contributed by atoms with Crippen molar-refractivity contribution >= 4 is 0 Å². The van der Waals surface area contributed by atoms with Crippen LogP contribution in [0.25, 0.3) is 11.1 Å². The van der Waals surface area contributed by atoms with E-state index in [0.717, 1.165) is 38.5 Å². The minimum atomic E-state index is -0.756. The SMILES string of the molecule is CCc1ccc(-c2ccc(C3CCC(CCc4ccc(OC)cc4F)CC3)c(F)c2F)cc1. The van der Waals surface area contributed by atoms with Crippen LogP contribution in [0.3, 0.4) is 0 Å². The molecule has 0 amide bonds. The molecule has 3 aromatic carbocycles. The molecule has 0 spiro atoms. The Morgan fingerprint density at radius 1 is 0.848 bits per heavy atom. The zero-order valence-electron chi connectivity index (χ0n) is 19.3. The number of aryl methyl sites for hydroxylation is 2. The first-order valence-corrected chi connectivity index (χ1v) is 11.9. The quantitative estimate of drug-likeness (QED) is 0.351. The van der Waals surface area contributed by atoms with Crippen LogP contribution in [0.5, 0.6) is 5.75 Å². The van der Waals surface area contributed by atoms with Crippen LogP contribution < -0.4 is 4.74 Å². The second-order valence-corrected chi connectivity index (χ2v) is 9.09. The molecule has 0 heterocycles. The van der Waals surface area contributed by atoms with Gasteiger partial charge in [0.2, 0.25) is 0 Å². The minimum Gasteiger partial charge on any atom is -0.497 e. The van der Waals surface area contributed by atoms with Crippen molar-refractivity contribution in [2.45, 2.75) is 57.8 Å². The Kier molecular flexibility index (Phi) is 7.42. The molecule has 0 radical (unpaired) electrons. The third-order valence-corrected chi connectivity index (χ3v) is 7.15. The molecule has 1 aliphatic carbocycles. The van der Waals surface area contributed by atoms with Crippen molar-refractivity contribution in [3.63, 3.8) is 0 Å². The summed E-state index contributed by atoms with van der Waals surface area (Å²) in [6.45, 7) is 2.07. The first-order valence-electron chi connectivity index (χ1n) is 11.9. The highest BCUT2D eigenvalue weighted by molar-refractivity contribution is 5.65. The topological polar surface area (TPSA) is 9.23 Å². The van der Waals surface area contributed by atoms with Crippen LogP contribution in [0.2, 0.25) is 0 Å². The molecule has 1 fully saturated rings. The van der Waals surface area contributed by atoms with E-state index in [9.17, 15) is 8.78 Å². The van der Waals surface area contributed by atoms with E-state index in [1.54, 1.807) is 24.3 Å². The number of rotatable bonds is 7. The molecule has 0 bridgehead atoms. The molecule has 33 heavy (non-hydrogen) atoms. The molecule has 0 N–H and O–H groups in total. The standard InChI is InChI=1S/C29H31F3O/c1-3-19-4-9-21(10-5-19)25-16-17-26(29(32)28(25)31)22-11-6-20(7-12-22)8-13-23-14-15-24(33-2)18-27(23)30/h4-5,9-10,14-18,20,22H,3,6-8,11-13H2,1-2H3. The molecule has 3 aromatic rings. The van der Waals surface area contributed by atoms with Crippen LogP contribution in [-0.2, 0) is 12.8 Å². The third-order valence-electron chi connectivity index (χ3n) is 7.15. The van der Waals surface area contributed by atoms with Gasteiger partial charge in [0.25, 0.3) is 0 Å². The summed E-state index contributed by atoms with van der Waals surface area (Å²) in [6.07, 6.45) is 6.05. The highest BCUT2D eigenvalue weighted by Crippen LogP contribution is 2.40. The third kappa shape index (κ3) is 5.26. The van der Waals surface area contributed by atoms with Crippen molar-refractivity contribution in [2.75, 3.05) is 7.11 Å². The maximum absolute atomic E-state index is 15.0. The highest BCUT2D eigenvalue weighted by atomic mass is 19.2. The van der Waals surface area contributed by atoms with Crippen LogP contribution in [0, 0.1) is 23.4 Å². The molecule has 0 atom stereocenters. The second kappa shape index (κ2) is 10.5. The summed E-state index contributed by atoms with van der Waals surface area (Å²) in [7, 11) is 1.53. The van der Waals surface area contributed by atoms with E-state index in [1.165, 1.54) is 18.7 Å². The molecule has 0 aromatic heterocycles. The molecule has 4 heteroatoms. The van der Waals surface area contributed by atoms with Crippen LogP contribution in [-0.4, -0.2) is 7.11 Å². The number of hydrogen-bond acceptors (Lipinski definition) is 1. The zero-order valence-corrected chi connectivity index (χ0v) is 19.3. The fraction of sp³-hybridized carbons (Fsp3) is 0.379. The molecular weight excluding hydrogens is 421 g/mol. The fourth-order valence-corrected chi connectivity index (χ4v) is 5.00. The lowest BCUT2D eigenvalue weighted by Crippen LogP contribution is -2.15. The number of methoxy groups -OCH3 is 1. The van der Waals surface area contributed by atoms with Gasteiger partial charge in [-0.15, -0.1) is 0 Å². The largest absolute Gasteiger partial charge is 0.497 e. The van der Waals surface area contributed by atoms with E-state index < -0.39 is 11.6 Å². The molecule has 0 saturated heterocycles. The van der Waals surface area contributed by atoms with Gasteiger partial charge in [-0.05, 0) is 85.1 Å². The first-order chi connectivity index (χ1) is 16.0. The summed E-state index contributed by atoms with van der Waals surface area (Å²) in [5, 5.41) is 0. The Labute approximate surface area is 194 Å². The van der Waals surface area contributed by atoms with Crippen molar-refractivity contribution in [3.05, 3.63) is 88.7 Å². The van der Waals surface area contributed by atoms with Gasteiger partial charge in [-0.25, -0.2) is 13.2 Å². The minimum absolute atomic E-state index is 0.0324. The van der Waals surface area contributed by atoms with Crippen LogP contribution >= 0.6 is 0 Å². The first kappa shape index (κ1) is 23.4. The van der Waals surface area contributed by atoms with Gasteiger partial charge in [-0.3, -0.25) is 0 Å². The lowest BCUT2D eigenvalue weighted by atomic mass is 9.76. The average molecular weight is 453 g/mol. The monoisotopic (exact) mass is 452 g/mol. The highest BCUT2D eigenvalue weighted by Gasteiger charge is 2.26. The van der Waals surface area contributed by atoms with Gasteiger partial charge < -0.3 is 4.74 Å². The summed E-state index contributed by atoms with van der Waals surface area (Å²) >= 11 is 0. The van der Waals surface area contributed by atoms with Gasteiger partial charge >= 0.3 is 0 Å². The summed E-state index contributed by atoms with van der Waals surface area (Å²) < 4.78 is 49.2. The summed E-state index contributed by atoms with van der Waals surface area (Å²) in [5.74, 6) is -0.665. The molecule has 1 nitrogen and oxygen atoms in total. The summed E-state index contributed by atoms with van der Waals surface area (Å²) in [4.78, 5) is 0. The smallest absolute Gasteiger partial charge is 0.166 e. The lowest BCUT2D eigenvalue weighted by Gasteiger charge is -2.29. The van der Waals surface area contributed by atoms with Gasteiger partial charge in [0, 0.05) is 11.6 Å². The number of hydrogen-bond donors (Lipinski definition) is 0. The molecule has 1 saturated carbocycles. The van der Waals surface area contributed by atoms with Gasteiger partial charge in [0.05, 0.1) is 7.11 Å². The van der Waals surface area contributed by atoms with Crippen LogP contribution in [0.15, 0.2) is 54.6 Å². The lowest BCUT2D eigenvalue weighted by molar-refractivity contribution is 0.304. The van der Waals surface area contributed by atoms with Gasteiger partial charge in [0.15, 0.2) is 11.6 Å². The molecule has 4 rings (SSSR count). The van der Waals surface area contributed by atoms with Crippen molar-refractivity contribution < 1.29 is 17.9 Å². The normalized spacial score (nSPS) is 18.3. The summed E-state index contributed by atoms with van der Waals surface area (Å²) in [5.41, 5.74) is 3.37. The number of benzene rings is 3. The van der Waals surface area contributed by atoms with E-state index in [4.69, 9.17) is 4.74 Å². The van der Waals surface area contributed by atoms with E-state index >= 15 is 4.39 Å². The number of halogens is 3. The van der Waals surface area contributed by atoms with Crippen LogP contribution in [0.1, 0.15) is 61.6 Å². The van der Waals surface area contributed by atoms with Crippen molar-refractivity contribution in [1.82, 2.24) is 0 Å². The maximum Gasteiger partial charge on any atom is 0.166 e. The van der Waals surface area contributed by atoms with Crippen LogP contribution in [0.4, 0.5) is 13.2 Å². The fourth-order valence-electron chi connectivity index (χ4n) is 5.00. The van der Waals surface area contributed by atoms with Gasteiger partial charge in [-0.1, -0.05) is 49.4 Å².